The average Bonchev–Trinajstić information content (AvgIpc) is 3.22. The Kier molecular flexibility index (Phi) is 4.46. The fraction of sp³-hybridized carbons (Fsp3) is 0.533. The van der Waals surface area contributed by atoms with Crippen LogP contribution in [-0.4, -0.2) is 25.8 Å². The van der Waals surface area contributed by atoms with E-state index in [1.165, 1.54) is 6.07 Å². The SMILES string of the molecule is CCCN(CC1CC1)S(=O)(=O)c1ccc(C#N)c(C)c1. The molecule has 1 aliphatic rings. The lowest BCUT2D eigenvalue weighted by Crippen LogP contribution is -2.33. The van der Waals surface area contributed by atoms with Crippen LogP contribution >= 0.6 is 0 Å². The van der Waals surface area contributed by atoms with Crippen molar-refractivity contribution < 1.29 is 8.42 Å². The predicted molar refractivity (Wildman–Crippen MR) is 77.7 cm³/mol. The summed E-state index contributed by atoms with van der Waals surface area (Å²) in [5.74, 6) is 0.524. The zero-order valence-electron chi connectivity index (χ0n) is 12.0. The molecular formula is C15H20N2O2S. The number of rotatable bonds is 6. The Balaban J connectivity index is 2.31. The summed E-state index contributed by atoms with van der Waals surface area (Å²) in [6.07, 6.45) is 3.06. The largest absolute Gasteiger partial charge is 0.243 e. The smallest absolute Gasteiger partial charge is 0.207 e. The first-order valence-electron chi connectivity index (χ1n) is 7.00. The minimum Gasteiger partial charge on any atom is -0.207 e. The fourth-order valence-corrected chi connectivity index (χ4v) is 3.91. The molecule has 1 fully saturated rings. The molecule has 0 N–H and O–H groups in total. The van der Waals surface area contributed by atoms with Gasteiger partial charge in [-0.2, -0.15) is 9.57 Å². The predicted octanol–water partition coefficient (Wildman–Crippen LogP) is 2.68. The standard InChI is InChI=1S/C15H20N2O2S/c1-3-8-17(11-13-4-5-13)20(18,19)15-7-6-14(10-16)12(2)9-15/h6-7,9,13H,3-5,8,11H2,1-2H3. The Bertz CT molecular complexity index is 628. The number of hydrogen-bond acceptors (Lipinski definition) is 3. The van der Waals surface area contributed by atoms with Crippen molar-refractivity contribution in [1.29, 1.82) is 5.26 Å². The number of nitrogens with zero attached hydrogens (tertiary/aromatic N) is 2. The molecule has 0 radical (unpaired) electrons. The van der Waals surface area contributed by atoms with Gasteiger partial charge in [0.05, 0.1) is 16.5 Å². The Morgan fingerprint density at radius 3 is 2.60 bits per heavy atom. The summed E-state index contributed by atoms with van der Waals surface area (Å²) in [7, 11) is -3.44. The minimum absolute atomic E-state index is 0.295. The van der Waals surface area contributed by atoms with Gasteiger partial charge in [0.2, 0.25) is 10.0 Å². The summed E-state index contributed by atoms with van der Waals surface area (Å²) in [5.41, 5.74) is 1.23. The van der Waals surface area contributed by atoms with Crippen molar-refractivity contribution in [3.05, 3.63) is 29.3 Å². The van der Waals surface area contributed by atoms with E-state index in [9.17, 15) is 8.42 Å². The van der Waals surface area contributed by atoms with Gasteiger partial charge >= 0.3 is 0 Å². The zero-order valence-corrected chi connectivity index (χ0v) is 12.8. The lowest BCUT2D eigenvalue weighted by molar-refractivity contribution is 0.395. The molecule has 0 atom stereocenters. The second-order valence-corrected chi connectivity index (χ2v) is 7.33. The van der Waals surface area contributed by atoms with Gasteiger partial charge in [0.25, 0.3) is 0 Å². The van der Waals surface area contributed by atoms with Crippen LogP contribution < -0.4 is 0 Å². The van der Waals surface area contributed by atoms with Crippen molar-refractivity contribution in [2.45, 2.75) is 38.0 Å². The highest BCUT2D eigenvalue weighted by Crippen LogP contribution is 2.32. The first-order chi connectivity index (χ1) is 9.48. The lowest BCUT2D eigenvalue weighted by Gasteiger charge is -2.21. The molecule has 0 unspecified atom stereocenters. The monoisotopic (exact) mass is 292 g/mol. The fourth-order valence-electron chi connectivity index (χ4n) is 2.22. The van der Waals surface area contributed by atoms with Crippen LogP contribution in [0, 0.1) is 24.2 Å². The maximum atomic E-state index is 12.7. The molecule has 0 saturated heterocycles. The molecule has 108 valence electrons. The molecule has 20 heavy (non-hydrogen) atoms. The number of sulfonamides is 1. The molecule has 0 amide bonds. The normalized spacial score (nSPS) is 15.3. The molecular weight excluding hydrogens is 272 g/mol. The van der Waals surface area contributed by atoms with Gasteiger partial charge in [0.15, 0.2) is 0 Å². The minimum atomic E-state index is -3.44. The quantitative estimate of drug-likeness (QED) is 0.810. The van der Waals surface area contributed by atoms with Crippen LogP contribution in [0.25, 0.3) is 0 Å². The highest BCUT2D eigenvalue weighted by molar-refractivity contribution is 7.89. The molecule has 1 saturated carbocycles. The lowest BCUT2D eigenvalue weighted by atomic mass is 10.1. The van der Waals surface area contributed by atoms with Crippen LogP contribution in [0.2, 0.25) is 0 Å². The van der Waals surface area contributed by atoms with E-state index in [0.717, 1.165) is 19.3 Å². The van der Waals surface area contributed by atoms with E-state index in [0.29, 0.717) is 35.0 Å². The molecule has 4 nitrogen and oxygen atoms in total. The van der Waals surface area contributed by atoms with Crippen LogP contribution in [0.15, 0.2) is 23.1 Å². The summed E-state index contributed by atoms with van der Waals surface area (Å²) in [4.78, 5) is 0.295. The average molecular weight is 292 g/mol. The molecule has 5 heteroatoms. The third kappa shape index (κ3) is 3.20. The van der Waals surface area contributed by atoms with Crippen molar-refractivity contribution in [2.24, 2.45) is 5.92 Å². The Morgan fingerprint density at radius 1 is 1.40 bits per heavy atom. The number of benzene rings is 1. The van der Waals surface area contributed by atoms with Gasteiger partial charge in [0, 0.05) is 13.1 Å². The molecule has 1 aromatic rings. The maximum Gasteiger partial charge on any atom is 0.243 e. The van der Waals surface area contributed by atoms with Gasteiger partial charge in [-0.3, -0.25) is 0 Å². The van der Waals surface area contributed by atoms with E-state index in [1.54, 1.807) is 23.4 Å². The Labute approximate surface area is 121 Å². The van der Waals surface area contributed by atoms with Crippen LogP contribution in [-0.2, 0) is 10.0 Å². The van der Waals surface area contributed by atoms with Gasteiger partial charge < -0.3 is 0 Å². The third-order valence-corrected chi connectivity index (χ3v) is 5.45. The summed E-state index contributed by atoms with van der Waals surface area (Å²) in [5, 5.41) is 8.92. The van der Waals surface area contributed by atoms with E-state index in [1.807, 2.05) is 6.92 Å². The molecule has 0 bridgehead atoms. The second kappa shape index (κ2) is 5.94. The first kappa shape index (κ1) is 15.0. The highest BCUT2D eigenvalue weighted by Gasteiger charge is 2.31. The van der Waals surface area contributed by atoms with Crippen LogP contribution in [0.5, 0.6) is 0 Å². The Morgan fingerprint density at radius 2 is 2.10 bits per heavy atom. The van der Waals surface area contributed by atoms with Crippen molar-refractivity contribution in [2.75, 3.05) is 13.1 Å². The Hall–Kier alpha value is -1.38. The van der Waals surface area contributed by atoms with E-state index in [-0.39, 0.29) is 0 Å². The van der Waals surface area contributed by atoms with Gasteiger partial charge in [-0.1, -0.05) is 6.92 Å². The van der Waals surface area contributed by atoms with Gasteiger partial charge in [0.1, 0.15) is 0 Å². The molecule has 2 rings (SSSR count). The molecule has 0 spiro atoms. The second-order valence-electron chi connectivity index (χ2n) is 5.39. The van der Waals surface area contributed by atoms with E-state index < -0.39 is 10.0 Å². The van der Waals surface area contributed by atoms with Crippen molar-refractivity contribution in [1.82, 2.24) is 4.31 Å². The summed E-state index contributed by atoms with van der Waals surface area (Å²) in [6, 6.07) is 6.79. The summed E-state index contributed by atoms with van der Waals surface area (Å²) < 4.78 is 26.9. The van der Waals surface area contributed by atoms with Crippen molar-refractivity contribution in [3.8, 4) is 6.07 Å². The summed E-state index contributed by atoms with van der Waals surface area (Å²) >= 11 is 0. The van der Waals surface area contributed by atoms with E-state index in [4.69, 9.17) is 5.26 Å². The van der Waals surface area contributed by atoms with Crippen LogP contribution in [0.3, 0.4) is 0 Å². The highest BCUT2D eigenvalue weighted by atomic mass is 32.2. The van der Waals surface area contributed by atoms with Crippen molar-refractivity contribution in [3.63, 3.8) is 0 Å². The van der Waals surface area contributed by atoms with Gasteiger partial charge in [-0.15, -0.1) is 0 Å². The molecule has 0 heterocycles. The zero-order chi connectivity index (χ0) is 14.8. The molecule has 0 aromatic heterocycles. The molecule has 0 aliphatic heterocycles. The molecule has 1 aromatic carbocycles. The van der Waals surface area contributed by atoms with Crippen molar-refractivity contribution >= 4 is 10.0 Å². The van der Waals surface area contributed by atoms with E-state index in [2.05, 4.69) is 6.07 Å². The van der Waals surface area contributed by atoms with Crippen LogP contribution in [0.4, 0.5) is 0 Å². The number of hydrogen-bond donors (Lipinski definition) is 0. The first-order valence-corrected chi connectivity index (χ1v) is 8.44. The number of nitriles is 1. The van der Waals surface area contributed by atoms with Crippen LogP contribution in [0.1, 0.15) is 37.3 Å². The maximum absolute atomic E-state index is 12.7. The molecule has 1 aliphatic carbocycles. The summed E-state index contributed by atoms with van der Waals surface area (Å²) in [6.45, 7) is 4.93. The van der Waals surface area contributed by atoms with E-state index >= 15 is 0 Å². The topological polar surface area (TPSA) is 61.2 Å². The van der Waals surface area contributed by atoms with Gasteiger partial charge in [-0.25, -0.2) is 8.42 Å². The number of aryl methyl sites for hydroxylation is 1. The van der Waals surface area contributed by atoms with Gasteiger partial charge in [-0.05, 0) is 55.9 Å². The third-order valence-electron chi connectivity index (χ3n) is 3.59.